The predicted molar refractivity (Wildman–Crippen MR) is 268 cm³/mol. The normalized spacial score (nSPS) is 29.6. The molecule has 4 fully saturated rings. The molecule has 1 saturated heterocycles. The van der Waals surface area contributed by atoms with Gasteiger partial charge in [0.1, 0.15) is 46.4 Å². The van der Waals surface area contributed by atoms with Crippen LogP contribution in [0.3, 0.4) is 0 Å². The van der Waals surface area contributed by atoms with Gasteiger partial charge in [-0.05, 0) is 90.2 Å². The molecule has 11 atom stereocenters. The Labute approximate surface area is 446 Å². The van der Waals surface area contributed by atoms with E-state index in [1.165, 1.54) is 53.7 Å². The monoisotopic (exact) mass is 1080 g/mol. The third kappa shape index (κ3) is 10.9. The Morgan fingerprint density at radius 1 is 0.792 bits per heavy atom. The molecule has 21 nitrogen and oxygen atoms in total. The quantitative estimate of drug-likeness (QED) is 0.0707. The van der Waals surface area contributed by atoms with Crippen molar-refractivity contribution in [2.24, 2.45) is 27.6 Å². The number of benzene rings is 2. The van der Waals surface area contributed by atoms with Gasteiger partial charge in [0.2, 0.25) is 0 Å². The summed E-state index contributed by atoms with van der Waals surface area (Å²) >= 11 is 0. The number of rotatable bonds is 18. The SMILES string of the molecule is CC(=O)O[C@@]12CO[C@@H]1C[C@H](OC(=O)C(C)(CO)CO)[C@@]1(C)C(=O)[C@H](OC(=O)C(C)(CO)CO)C3=C(C)[C@@H](OC(=O)[C@H](OC4CC4)[C@@H](NC(=O)OC(C)(C)C)c4ccccc4)C[C@@](O)([C@@H](OC(=O)c4ccccc4)C12)C3(C)C. The van der Waals surface area contributed by atoms with Gasteiger partial charge in [-0.15, -0.1) is 0 Å². The molecule has 77 heavy (non-hydrogen) atoms. The summed E-state index contributed by atoms with van der Waals surface area (Å²) in [4.78, 5) is 103. The summed E-state index contributed by atoms with van der Waals surface area (Å²) in [7, 11) is 0. The number of hydrogen-bond donors (Lipinski definition) is 6. The van der Waals surface area contributed by atoms with Crippen LogP contribution in [-0.2, 0) is 61.9 Å². The molecule has 2 aromatic carbocycles. The summed E-state index contributed by atoms with van der Waals surface area (Å²) in [6, 6.07) is 14.8. The molecule has 1 aliphatic heterocycles. The lowest BCUT2D eigenvalue weighted by atomic mass is 9.44. The van der Waals surface area contributed by atoms with Crippen LogP contribution in [0.2, 0.25) is 0 Å². The van der Waals surface area contributed by atoms with Gasteiger partial charge in [-0.1, -0.05) is 62.4 Å². The number of carbonyl (C=O) groups excluding carboxylic acids is 7. The highest BCUT2D eigenvalue weighted by Gasteiger charge is 2.79. The van der Waals surface area contributed by atoms with Crippen LogP contribution in [0.1, 0.15) is 117 Å². The molecule has 5 aliphatic rings. The molecule has 422 valence electrons. The minimum Gasteiger partial charge on any atom is -0.461 e. The number of aliphatic hydroxyl groups excluding tert-OH is 4. The second kappa shape index (κ2) is 21.8. The molecule has 1 amide bonds. The molecule has 21 heteroatoms. The van der Waals surface area contributed by atoms with Crippen LogP contribution in [0, 0.1) is 27.6 Å². The van der Waals surface area contributed by atoms with E-state index in [0.29, 0.717) is 18.4 Å². The average molecular weight is 1080 g/mol. The van der Waals surface area contributed by atoms with Crippen molar-refractivity contribution in [2.45, 2.75) is 160 Å². The Bertz CT molecular complexity index is 2600. The summed E-state index contributed by atoms with van der Waals surface area (Å²) in [5.74, 6) is -8.42. The molecule has 0 aromatic heterocycles. The van der Waals surface area contributed by atoms with E-state index in [4.69, 9.17) is 37.9 Å². The first kappa shape index (κ1) is 58.9. The highest BCUT2D eigenvalue weighted by atomic mass is 16.6. The van der Waals surface area contributed by atoms with Crippen molar-refractivity contribution >= 4 is 41.7 Å². The minimum atomic E-state index is -2.61. The second-order valence-corrected chi connectivity index (χ2v) is 23.4. The van der Waals surface area contributed by atoms with E-state index in [9.17, 15) is 49.5 Å². The van der Waals surface area contributed by atoms with Crippen LogP contribution in [-0.4, -0.2) is 160 Å². The first-order chi connectivity index (χ1) is 36.0. The maximum Gasteiger partial charge on any atom is 0.408 e. The maximum absolute atomic E-state index is 16.6. The standard InChI is InChI=1S/C56H73NO20/c1-30-35(72-46(65)41(71-34-21-22-34)39(32-17-13-11-14-18-32)57-49(68)77-50(3,4)5)24-56(69)44(75-45(64)33-19-15-12-16-20-33)42-54(10,43(63)40(38(30)51(56,6)7)74-48(67)53(9,27-60)28-61)36(73-47(66)52(8,25-58)26-59)23-37-55(42,29-70-37)76-31(2)62/h11-20,34-37,39-42,44,58-61,69H,21-29H2,1-10H3,(H,57,68)/t35-,36-,37+,39-,40+,41+,42?,44-,54+,55-,56+/m0/s1. The van der Waals surface area contributed by atoms with E-state index in [1.807, 2.05) is 0 Å². The van der Waals surface area contributed by atoms with Crippen molar-refractivity contribution in [1.29, 1.82) is 0 Å². The highest BCUT2D eigenvalue weighted by Crippen LogP contribution is 2.65. The largest absolute Gasteiger partial charge is 0.461 e. The van der Waals surface area contributed by atoms with E-state index in [1.54, 1.807) is 69.3 Å². The topological polar surface area (TPSA) is 307 Å². The molecule has 7 rings (SSSR count). The number of nitrogens with one attached hydrogen (secondary N) is 1. The second-order valence-electron chi connectivity index (χ2n) is 23.4. The van der Waals surface area contributed by atoms with Gasteiger partial charge in [0.25, 0.3) is 0 Å². The van der Waals surface area contributed by atoms with Crippen LogP contribution in [0.4, 0.5) is 4.79 Å². The number of fused-ring (bicyclic) bond motifs is 5. The number of amides is 1. The number of carbonyl (C=O) groups is 7. The zero-order valence-corrected chi connectivity index (χ0v) is 45.2. The average Bonchev–Trinajstić information content (AvgIpc) is 4.34. The Hall–Kier alpha value is -5.81. The van der Waals surface area contributed by atoms with E-state index >= 15 is 9.59 Å². The fourth-order valence-electron chi connectivity index (χ4n) is 11.2. The molecule has 0 spiro atoms. The van der Waals surface area contributed by atoms with Crippen LogP contribution >= 0.6 is 0 Å². The Morgan fingerprint density at radius 3 is 1.86 bits per heavy atom. The lowest BCUT2D eigenvalue weighted by molar-refractivity contribution is -0.347. The summed E-state index contributed by atoms with van der Waals surface area (Å²) in [5, 5.41) is 58.8. The van der Waals surface area contributed by atoms with Crippen molar-refractivity contribution in [3.8, 4) is 0 Å². The molecule has 1 unspecified atom stereocenters. The zero-order chi connectivity index (χ0) is 56.8. The van der Waals surface area contributed by atoms with Gasteiger partial charge >= 0.3 is 35.9 Å². The van der Waals surface area contributed by atoms with Gasteiger partial charge in [0.15, 0.2) is 23.6 Å². The Morgan fingerprint density at radius 2 is 1.35 bits per heavy atom. The van der Waals surface area contributed by atoms with Crippen molar-refractivity contribution in [3.05, 3.63) is 82.9 Å². The zero-order valence-electron chi connectivity index (χ0n) is 45.2. The van der Waals surface area contributed by atoms with E-state index in [-0.39, 0.29) is 16.7 Å². The molecule has 6 N–H and O–H groups in total. The van der Waals surface area contributed by atoms with Crippen LogP contribution in [0.25, 0.3) is 0 Å². The number of esters is 5. The lowest BCUT2D eigenvalue weighted by Gasteiger charge is -2.67. The first-order valence-electron chi connectivity index (χ1n) is 25.8. The van der Waals surface area contributed by atoms with Gasteiger partial charge < -0.3 is 68.7 Å². The van der Waals surface area contributed by atoms with Gasteiger partial charge in [0, 0.05) is 25.2 Å². The number of hydrogen-bond acceptors (Lipinski definition) is 20. The number of aliphatic hydroxyl groups is 5. The number of ketones is 1. The van der Waals surface area contributed by atoms with Crippen LogP contribution in [0.15, 0.2) is 71.8 Å². The molecule has 2 aromatic rings. The van der Waals surface area contributed by atoms with Crippen molar-refractivity contribution < 1.29 is 97.0 Å². The van der Waals surface area contributed by atoms with E-state index < -0.39 is 181 Å². The fraction of sp³-hybridized carbons (Fsp3) is 0.625. The van der Waals surface area contributed by atoms with Crippen molar-refractivity contribution in [2.75, 3.05) is 33.0 Å². The summed E-state index contributed by atoms with van der Waals surface area (Å²) in [6.07, 6.45) is -11.7. The molecule has 1 heterocycles. The lowest BCUT2D eigenvalue weighted by Crippen LogP contribution is -2.82. The third-order valence-corrected chi connectivity index (χ3v) is 16.2. The van der Waals surface area contributed by atoms with E-state index in [0.717, 1.165) is 6.92 Å². The molecular formula is C56H73NO20. The summed E-state index contributed by atoms with van der Waals surface area (Å²) in [6.45, 7) is 9.93. The highest BCUT2D eigenvalue weighted by molar-refractivity contribution is 5.96. The maximum atomic E-state index is 16.6. The van der Waals surface area contributed by atoms with Crippen LogP contribution < -0.4 is 5.32 Å². The van der Waals surface area contributed by atoms with Gasteiger partial charge in [-0.25, -0.2) is 14.4 Å². The van der Waals surface area contributed by atoms with Crippen LogP contribution in [0.5, 0.6) is 0 Å². The molecule has 4 aliphatic carbocycles. The van der Waals surface area contributed by atoms with Gasteiger partial charge in [-0.3, -0.25) is 19.2 Å². The number of ether oxygens (including phenoxy) is 8. The van der Waals surface area contributed by atoms with Gasteiger partial charge in [0.05, 0.1) is 62.1 Å². The summed E-state index contributed by atoms with van der Waals surface area (Å²) in [5.41, 5.74) is -13.7. The number of Topliss-reactive ketones (excluding diaryl/α,β-unsaturated/α-hetero) is 1. The fourth-order valence-corrected chi connectivity index (χ4v) is 11.2. The predicted octanol–water partition coefficient (Wildman–Crippen LogP) is 3.53. The molecule has 3 saturated carbocycles. The molecule has 2 bridgehead atoms. The third-order valence-electron chi connectivity index (χ3n) is 16.2. The molecular weight excluding hydrogens is 1010 g/mol. The molecule has 0 radical (unpaired) electrons. The smallest absolute Gasteiger partial charge is 0.408 e. The van der Waals surface area contributed by atoms with Crippen molar-refractivity contribution in [1.82, 2.24) is 5.32 Å². The van der Waals surface area contributed by atoms with E-state index in [2.05, 4.69) is 5.32 Å². The number of alkyl carbamates (subject to hydrolysis) is 1. The van der Waals surface area contributed by atoms with Gasteiger partial charge in [-0.2, -0.15) is 0 Å². The minimum absolute atomic E-state index is 0.0262. The Kier molecular flexibility index (Phi) is 16.7. The van der Waals surface area contributed by atoms with Crippen molar-refractivity contribution in [3.63, 3.8) is 0 Å². The summed E-state index contributed by atoms with van der Waals surface area (Å²) < 4.78 is 49.8. The first-order valence-corrected chi connectivity index (χ1v) is 25.8. The Balaban J connectivity index is 1.50.